The smallest absolute Gasteiger partial charge is 0.374 e. The molecule has 0 aromatic carbocycles. The van der Waals surface area contributed by atoms with E-state index in [1.165, 1.54) is 18.7 Å². The summed E-state index contributed by atoms with van der Waals surface area (Å²) < 4.78 is 25.9. The van der Waals surface area contributed by atoms with Gasteiger partial charge in [-0.2, -0.15) is 84.7 Å². The Morgan fingerprint density at radius 3 is 1.18 bits per heavy atom. The zero-order chi connectivity index (χ0) is 108. The number of hydrogen-bond donors (Lipinski definition) is 13. The van der Waals surface area contributed by atoms with Gasteiger partial charge in [-0.1, -0.05) is 87.1 Å². The number of carbonyl (C=O) groups excluding carboxylic acids is 1. The lowest BCUT2D eigenvalue weighted by Crippen LogP contribution is -2.38. The van der Waals surface area contributed by atoms with Crippen LogP contribution in [0.15, 0.2) is 158 Å². The highest BCUT2D eigenvalue weighted by Crippen LogP contribution is 2.28. The van der Waals surface area contributed by atoms with E-state index in [0.29, 0.717) is 131 Å². The fourth-order valence-corrected chi connectivity index (χ4v) is 14.7. The van der Waals surface area contributed by atoms with E-state index >= 15 is 0 Å². The summed E-state index contributed by atoms with van der Waals surface area (Å²) in [6.45, 7) is 55.2. The summed E-state index contributed by atoms with van der Waals surface area (Å²) in [7, 11) is 0. The zero-order valence-electron chi connectivity index (χ0n) is 82.6. The van der Waals surface area contributed by atoms with Crippen molar-refractivity contribution in [2.45, 2.75) is 105 Å². The van der Waals surface area contributed by atoms with E-state index in [9.17, 15) is 33.6 Å². The third-order valence-electron chi connectivity index (χ3n) is 21.5. The number of nitrogen functional groups attached to an aromatic ring is 4. The van der Waals surface area contributed by atoms with Crippen molar-refractivity contribution in [2.24, 2.45) is 35.5 Å². The van der Waals surface area contributed by atoms with E-state index in [1.807, 2.05) is 51.2 Å². The Bertz CT molecular complexity index is 6220. The quantitative estimate of drug-likeness (QED) is 0.0133. The first-order valence-electron chi connectivity index (χ1n) is 46.3. The number of aromatic nitrogens is 30. The topological polar surface area (TPSA) is 737 Å². The van der Waals surface area contributed by atoms with Crippen molar-refractivity contribution in [1.82, 2.24) is 150 Å². The SMILES string of the molecule is C=CC1CCN(c2nc(=O)[nH]c(=O)[nH]2)CC1.C=CC1CCN(c2nc(=S)[nH]c(=S)[nH]2)CC1.C=CC1CCN(c2nc(N)nc(N)n2)CC1.C=CC1CCN(c2nc(OC=O)nc(C(=O)O)n2)CC1.C=CC1CCN(c2ncnc(=O)[nH]2)CC1.C=CC1CCN(c2ncnc(N)n2)CC1.C=CCOc1nc(=S)nc(C)[nH]1.C=CCOc1nc(C)[nH]c(=O)n1.C=CCOc1nc(C)nc(C(=O)O)n1.C=CCOc1nc(C)nc(N)n1. The second-order valence-corrected chi connectivity index (χ2v) is 33.3. The van der Waals surface area contributed by atoms with Crippen LogP contribution in [-0.2, 0) is 4.79 Å². The number of rotatable bonds is 28. The lowest BCUT2D eigenvalue weighted by atomic mass is 9.97. The number of carbonyl (C=O) groups is 3. The summed E-state index contributed by atoms with van der Waals surface area (Å²) in [5.41, 5.74) is 20.0. The molecule has 16 rings (SSSR count). The van der Waals surface area contributed by atoms with Gasteiger partial charge < -0.3 is 96.2 Å². The molecule has 148 heavy (non-hydrogen) atoms. The second kappa shape index (κ2) is 63.2. The second-order valence-electron chi connectivity index (χ2n) is 32.1. The molecule has 6 saturated heterocycles. The van der Waals surface area contributed by atoms with Crippen LogP contribution < -0.4 is 98.8 Å². The van der Waals surface area contributed by atoms with Crippen LogP contribution >= 0.6 is 36.7 Å². The summed E-state index contributed by atoms with van der Waals surface area (Å²) in [5.74, 6) is 6.15. The molecule has 6 fully saturated rings. The number of anilines is 10. The molecule has 57 heteroatoms. The van der Waals surface area contributed by atoms with Crippen molar-refractivity contribution in [3.63, 3.8) is 0 Å². The van der Waals surface area contributed by atoms with E-state index in [0.717, 1.165) is 148 Å². The summed E-state index contributed by atoms with van der Waals surface area (Å²) >= 11 is 14.8. The molecule has 0 saturated carbocycles. The first-order valence-corrected chi connectivity index (χ1v) is 47.5. The monoisotopic (exact) mass is 2100 g/mol. The van der Waals surface area contributed by atoms with E-state index in [4.69, 9.17) is 88.7 Å². The van der Waals surface area contributed by atoms with Gasteiger partial charge in [-0.15, -0.1) is 44.5 Å². The minimum atomic E-state index is -1.30. The number of aryl methyl sites for hydroxylation is 4. The normalized spacial score (nSPS) is 14.5. The molecule has 0 spiro atoms. The summed E-state index contributed by atoms with van der Waals surface area (Å²) in [6.07, 6.45) is 33.4. The minimum absolute atomic E-state index is 0.00481. The van der Waals surface area contributed by atoms with Gasteiger partial charge >= 0.3 is 65.2 Å². The van der Waals surface area contributed by atoms with Crippen LogP contribution in [-0.4, -0.2) is 283 Å². The first-order chi connectivity index (χ1) is 71.1. The van der Waals surface area contributed by atoms with E-state index in [2.05, 4.69) is 235 Å². The van der Waals surface area contributed by atoms with Crippen molar-refractivity contribution in [1.29, 1.82) is 0 Å². The van der Waals surface area contributed by atoms with E-state index in [-0.39, 0.29) is 83.1 Å². The molecule has 54 nitrogen and oxygen atoms in total. The molecule has 17 N–H and O–H groups in total. The molecule has 0 radical (unpaired) electrons. The number of aromatic amines is 7. The summed E-state index contributed by atoms with van der Waals surface area (Å²) in [6, 6.07) is 0.381. The maximum absolute atomic E-state index is 11.1. The third kappa shape index (κ3) is 42.9. The van der Waals surface area contributed by atoms with Crippen molar-refractivity contribution in [3.8, 4) is 30.1 Å². The van der Waals surface area contributed by atoms with Gasteiger partial charge in [0.15, 0.2) is 4.77 Å². The van der Waals surface area contributed by atoms with Crippen LogP contribution in [0.1, 0.15) is 122 Å². The van der Waals surface area contributed by atoms with Crippen molar-refractivity contribution >= 4 is 115 Å². The van der Waals surface area contributed by atoms with Crippen molar-refractivity contribution in [2.75, 3.05) is 157 Å². The molecule has 790 valence electrons. The number of nitrogens with zero attached hydrogens (tertiary/aromatic N) is 29. The number of hydrogen-bond acceptors (Lipinski definition) is 48. The van der Waals surface area contributed by atoms with Crippen LogP contribution in [0, 0.1) is 77.5 Å². The van der Waals surface area contributed by atoms with Gasteiger partial charge in [0.05, 0.1) is 0 Å². The average molecular weight is 2100 g/mol. The third-order valence-corrected chi connectivity index (χ3v) is 22.1. The molecule has 10 aromatic rings. The number of nitrogens with one attached hydrogen (secondary N) is 7. The maximum Gasteiger partial charge on any atom is 0.374 e. The Kier molecular flexibility index (Phi) is 50.3. The van der Waals surface area contributed by atoms with Crippen molar-refractivity contribution < 1.29 is 48.3 Å². The molecular formula is C91H124N40O14S3. The number of aromatic carboxylic acids is 2. The summed E-state index contributed by atoms with van der Waals surface area (Å²) in [5, 5.41) is 17.6. The van der Waals surface area contributed by atoms with Gasteiger partial charge in [0, 0.05) is 78.5 Å². The van der Waals surface area contributed by atoms with Gasteiger partial charge in [-0.25, -0.2) is 53.7 Å². The average Bonchev–Trinajstić information content (AvgIpc) is 0.829. The Labute approximate surface area is 865 Å². The van der Waals surface area contributed by atoms with Crippen LogP contribution in [0.3, 0.4) is 0 Å². The standard InChI is InChI=1S/C12H14N4O4.C10H16N6.C10H15N5.C10H14N4O2.C10H14N4O.C10H14N4S2.C8H9N3O3.C7H10N4O.C7H9N3O2.C7H9N3OS/c1-2-8-3-5-16(6-4-8)11-13-9(10(18)19)14-12(15-11)20-7-17;1-2-7-3-5-16(6-4-7)10-14-8(11)13-9(12)15-10;1-2-8-3-5-15(6-4-8)10-13-7-12-9(11)14-10;1-2-7-3-5-14(6-4-7)8-11-9(15)13-10(16)12-8;1-2-8-3-5-14(6-4-8)9-11-7-12-10(15)13-9;1-2-7-3-5-14(6-4-7)8-11-9(15)13-10(16)12-8;1-3-4-14-8-10-5(2)9-6(11-8)7(12)13;1-3-4-12-7-10-5(2)9-6(8)11-7;1-3-4-12-7-9-5(2)8-6(11)10-7;1-3-4-11-6-8-5(2)9-7(12)10-6/h2,7-8H,1,3-6H2,(H,18,19);2,7H,1,3-6H2,(H4,11,12,13,14,15);2,7-8H,1,3-6H2,(H2,11,12,13,14);2,7H,1,3-6H2,(H2,11,12,13,15,16);2,7-8H,1,3-6H2,(H,11,12,13,15);2,7H,1,3-6H2,(H2,11,12,13,15,16);3H,1,4H2,2H3,(H,12,13);3H,1,4H2,2H3,(H2,8,9,10,11);3H,1,4H2,2H3,(H,8,9,10,11);3H,1,4H2,2H3,(H,8,9,10,12). The van der Waals surface area contributed by atoms with Gasteiger partial charge in [-0.05, 0) is 177 Å². The largest absolute Gasteiger partial charge is 0.475 e. The van der Waals surface area contributed by atoms with E-state index < -0.39 is 34.8 Å². The van der Waals surface area contributed by atoms with E-state index in [1.54, 1.807) is 45.9 Å². The number of ether oxygens (including phenoxy) is 5. The van der Waals surface area contributed by atoms with Crippen LogP contribution in [0.25, 0.3) is 0 Å². The van der Waals surface area contributed by atoms with Crippen LogP contribution in [0.5, 0.6) is 30.1 Å². The van der Waals surface area contributed by atoms with Gasteiger partial charge in [0.25, 0.3) is 6.01 Å². The zero-order valence-corrected chi connectivity index (χ0v) is 85.1. The molecule has 0 bridgehead atoms. The molecular weight excluding hydrogens is 1970 g/mol. The number of carboxylic acids is 2. The number of nitrogens with two attached hydrogens (primary N) is 4. The Morgan fingerprint density at radius 1 is 0.358 bits per heavy atom. The maximum atomic E-state index is 11.1. The molecule has 16 heterocycles. The number of H-pyrrole nitrogens is 7. The Balaban J connectivity index is 0.000000223. The molecule has 0 atom stereocenters. The number of allylic oxidation sites excluding steroid dienone is 6. The number of piperidine rings is 6. The fraction of sp³-hybridized carbons (Fsp3) is 0.418. The first kappa shape index (κ1) is 118. The highest BCUT2D eigenvalue weighted by molar-refractivity contribution is 7.72. The fourth-order valence-electron chi connectivity index (χ4n) is 14.0. The van der Waals surface area contributed by atoms with Gasteiger partial charge in [-0.3, -0.25) is 29.7 Å². The highest BCUT2D eigenvalue weighted by Gasteiger charge is 2.27. The molecule has 0 unspecified atom stereocenters. The number of carboxylic acid groups (broad SMARTS) is 2. The highest BCUT2D eigenvalue weighted by atomic mass is 32.1. The lowest BCUT2D eigenvalue weighted by molar-refractivity contribution is -0.121. The summed E-state index contributed by atoms with van der Waals surface area (Å²) in [4.78, 5) is 194. The van der Waals surface area contributed by atoms with Crippen LogP contribution in [0.4, 0.5) is 59.5 Å². The van der Waals surface area contributed by atoms with Gasteiger partial charge in [0.1, 0.15) is 62.4 Å². The predicted molar refractivity (Wildman–Crippen MR) is 563 cm³/mol. The molecule has 6 aliphatic heterocycles. The molecule has 6 aliphatic rings. The van der Waals surface area contributed by atoms with Crippen molar-refractivity contribution in [3.05, 3.63) is 230 Å². The lowest BCUT2D eigenvalue weighted by Gasteiger charge is -2.30. The Morgan fingerprint density at radius 2 is 0.750 bits per heavy atom. The molecule has 10 aromatic heterocycles. The minimum Gasteiger partial charge on any atom is -0.475 e. The van der Waals surface area contributed by atoms with Gasteiger partial charge in [0.2, 0.25) is 80.7 Å². The Hall–Kier alpha value is -17.0. The van der Waals surface area contributed by atoms with Crippen LogP contribution in [0.2, 0.25) is 0 Å². The predicted octanol–water partition coefficient (Wildman–Crippen LogP) is 7.04. The molecule has 0 amide bonds. The molecule has 0 aliphatic carbocycles.